The molecule has 6 heteroatoms. The van der Waals surface area contributed by atoms with Crippen LogP contribution in [-0.4, -0.2) is 46.9 Å². The molecule has 6 nitrogen and oxygen atoms in total. The number of unbranched alkanes of at least 4 members (excludes halogenated alkanes) is 29. The summed E-state index contributed by atoms with van der Waals surface area (Å²) < 4.78 is 5.94. The van der Waals surface area contributed by atoms with Crippen molar-refractivity contribution in [2.75, 3.05) is 6.61 Å². The second kappa shape index (κ2) is 53.3. The molecule has 0 aromatic rings. The molecule has 0 radical (unpaired) electrons. The van der Waals surface area contributed by atoms with Gasteiger partial charge in [-0.15, -0.1) is 0 Å². The molecule has 0 aliphatic carbocycles. The number of carbonyl (C=O) groups is 2. The first kappa shape index (κ1) is 63.3. The topological polar surface area (TPSA) is 95.9 Å². The van der Waals surface area contributed by atoms with Crippen molar-refractivity contribution in [3.8, 4) is 0 Å². The maximum absolute atomic E-state index is 13.3. The summed E-state index contributed by atoms with van der Waals surface area (Å²) in [6.45, 7) is 6.43. The number of rotatable bonds is 50. The van der Waals surface area contributed by atoms with Gasteiger partial charge in [0, 0.05) is 6.42 Å². The Balaban J connectivity index is 4.64. The molecule has 0 aromatic heterocycles. The van der Waals surface area contributed by atoms with E-state index in [0.29, 0.717) is 19.3 Å². The van der Waals surface area contributed by atoms with Crippen molar-refractivity contribution >= 4 is 11.9 Å². The highest BCUT2D eigenvalue weighted by Crippen LogP contribution is 2.18. The quantitative estimate of drug-likeness (QED) is 0.0244. The molecule has 3 N–H and O–H groups in total. The number of carbonyl (C=O) groups excluding carboxylic acids is 2. The van der Waals surface area contributed by atoms with Crippen molar-refractivity contribution in [2.45, 2.75) is 289 Å². The molecular formula is C60H107NO5. The van der Waals surface area contributed by atoms with Crippen LogP contribution in [0.1, 0.15) is 271 Å². The number of allylic oxidation sites excluding steroid dienone is 12. The Kier molecular flexibility index (Phi) is 51.1. The molecule has 0 heterocycles. The summed E-state index contributed by atoms with van der Waals surface area (Å²) in [6, 6.07) is -0.715. The second-order valence-electron chi connectivity index (χ2n) is 19.1. The standard InChI is InChI=1S/C60H107NO5/c1-4-7-10-13-16-19-22-25-28-29-30-32-35-38-41-44-47-50-53-60(65)66-56(51-48-45-42-39-36-33-31-26-23-20-17-14-11-8-5-2)54-59(64)61-57(55-62)58(63)52-49-46-43-40-37-34-27-24-21-18-15-12-9-6-3/h16-17,19-20,22,25-26,28-32,56-58,62-63H,4-15,18,21,23-24,27,33-55H2,1-3H3,(H,61,64)/b19-16+,20-17-,25-22+,29-28+,31-26-,32-30+. The van der Waals surface area contributed by atoms with Gasteiger partial charge in [-0.25, -0.2) is 0 Å². The SMILES string of the molecule is CCCCC/C=C\C/C=C\CCCCCCCC(CC(=O)NC(CO)C(O)CCCCCCCCCCCCCCCC)OC(=O)CCCCCCC/C=C/C=C/C=C/C=C/CCCCC. The van der Waals surface area contributed by atoms with Crippen LogP contribution in [0.5, 0.6) is 0 Å². The van der Waals surface area contributed by atoms with E-state index in [0.717, 1.165) is 96.3 Å². The highest BCUT2D eigenvalue weighted by Gasteiger charge is 2.24. The number of nitrogens with one attached hydrogen (secondary N) is 1. The minimum atomic E-state index is -0.799. The fourth-order valence-corrected chi connectivity index (χ4v) is 8.30. The predicted molar refractivity (Wildman–Crippen MR) is 287 cm³/mol. The molecule has 382 valence electrons. The summed E-state index contributed by atoms with van der Waals surface area (Å²) >= 11 is 0. The molecule has 0 fully saturated rings. The van der Waals surface area contributed by atoms with Crippen molar-refractivity contribution in [3.05, 3.63) is 72.9 Å². The van der Waals surface area contributed by atoms with Gasteiger partial charge in [-0.1, -0.05) is 248 Å². The lowest BCUT2D eigenvalue weighted by Crippen LogP contribution is -2.46. The van der Waals surface area contributed by atoms with Crippen LogP contribution in [0.4, 0.5) is 0 Å². The average molecular weight is 923 g/mol. The van der Waals surface area contributed by atoms with E-state index in [2.05, 4.69) is 99.0 Å². The highest BCUT2D eigenvalue weighted by molar-refractivity contribution is 5.77. The zero-order valence-electron chi connectivity index (χ0n) is 43.6. The summed E-state index contributed by atoms with van der Waals surface area (Å²) in [4.78, 5) is 26.3. The molecule has 0 aliphatic heterocycles. The normalized spacial score (nSPS) is 13.7. The highest BCUT2D eigenvalue weighted by atomic mass is 16.5. The van der Waals surface area contributed by atoms with Crippen molar-refractivity contribution in [2.24, 2.45) is 0 Å². The Hall–Kier alpha value is -2.70. The summed E-state index contributed by atoms with van der Waals surface area (Å²) in [5.41, 5.74) is 0. The van der Waals surface area contributed by atoms with Crippen LogP contribution in [0.15, 0.2) is 72.9 Å². The third-order valence-corrected chi connectivity index (χ3v) is 12.6. The van der Waals surface area contributed by atoms with E-state index >= 15 is 0 Å². The Morgan fingerprint density at radius 2 is 0.833 bits per heavy atom. The number of aliphatic hydroxyl groups is 2. The monoisotopic (exact) mass is 922 g/mol. The molecule has 66 heavy (non-hydrogen) atoms. The molecule has 3 atom stereocenters. The molecule has 0 aromatic carbocycles. The number of ether oxygens (including phenoxy) is 1. The van der Waals surface area contributed by atoms with Crippen LogP contribution in [0.25, 0.3) is 0 Å². The molecule has 0 saturated carbocycles. The van der Waals surface area contributed by atoms with E-state index in [-0.39, 0.29) is 24.9 Å². The van der Waals surface area contributed by atoms with E-state index in [1.807, 2.05) is 0 Å². The van der Waals surface area contributed by atoms with Crippen LogP contribution in [-0.2, 0) is 14.3 Å². The smallest absolute Gasteiger partial charge is 0.306 e. The van der Waals surface area contributed by atoms with E-state index in [4.69, 9.17) is 4.74 Å². The Labute approximate surface area is 409 Å². The first-order valence-electron chi connectivity index (χ1n) is 28.2. The number of esters is 1. The van der Waals surface area contributed by atoms with Gasteiger partial charge in [0.15, 0.2) is 0 Å². The minimum absolute atomic E-state index is 0.0564. The summed E-state index contributed by atoms with van der Waals surface area (Å²) in [7, 11) is 0. The third kappa shape index (κ3) is 47.8. The summed E-state index contributed by atoms with van der Waals surface area (Å²) in [5.74, 6) is -0.511. The van der Waals surface area contributed by atoms with Crippen molar-refractivity contribution in [1.29, 1.82) is 0 Å². The average Bonchev–Trinajstić information content (AvgIpc) is 3.31. The first-order chi connectivity index (χ1) is 32.5. The minimum Gasteiger partial charge on any atom is -0.462 e. The van der Waals surface area contributed by atoms with E-state index in [1.165, 1.54) is 128 Å². The van der Waals surface area contributed by atoms with E-state index in [9.17, 15) is 19.8 Å². The number of hydrogen-bond acceptors (Lipinski definition) is 5. The van der Waals surface area contributed by atoms with Crippen molar-refractivity contribution < 1.29 is 24.5 Å². The lowest BCUT2D eigenvalue weighted by molar-refractivity contribution is -0.151. The van der Waals surface area contributed by atoms with Gasteiger partial charge in [-0.2, -0.15) is 0 Å². The van der Waals surface area contributed by atoms with Crippen LogP contribution in [0, 0.1) is 0 Å². The molecular weight excluding hydrogens is 815 g/mol. The van der Waals surface area contributed by atoms with E-state index in [1.54, 1.807) is 0 Å². The summed E-state index contributed by atoms with van der Waals surface area (Å²) in [5, 5.41) is 23.9. The predicted octanol–water partition coefficient (Wildman–Crippen LogP) is 17.3. The Morgan fingerprint density at radius 3 is 1.32 bits per heavy atom. The molecule has 0 spiro atoms. The van der Waals surface area contributed by atoms with Crippen LogP contribution >= 0.6 is 0 Å². The Morgan fingerprint density at radius 1 is 0.455 bits per heavy atom. The van der Waals surface area contributed by atoms with Gasteiger partial charge in [0.2, 0.25) is 5.91 Å². The molecule has 0 bridgehead atoms. The van der Waals surface area contributed by atoms with Crippen LogP contribution in [0.2, 0.25) is 0 Å². The van der Waals surface area contributed by atoms with Gasteiger partial charge in [-0.3, -0.25) is 9.59 Å². The fourth-order valence-electron chi connectivity index (χ4n) is 8.30. The lowest BCUT2D eigenvalue weighted by Gasteiger charge is -2.24. The molecule has 3 unspecified atom stereocenters. The van der Waals surface area contributed by atoms with Crippen LogP contribution in [0.3, 0.4) is 0 Å². The van der Waals surface area contributed by atoms with Gasteiger partial charge in [-0.05, 0) is 83.5 Å². The van der Waals surface area contributed by atoms with Gasteiger partial charge >= 0.3 is 5.97 Å². The maximum atomic E-state index is 13.3. The zero-order valence-corrected chi connectivity index (χ0v) is 43.6. The molecule has 0 saturated heterocycles. The van der Waals surface area contributed by atoms with Gasteiger partial charge in [0.05, 0.1) is 25.2 Å². The van der Waals surface area contributed by atoms with Crippen molar-refractivity contribution in [1.82, 2.24) is 5.32 Å². The number of aliphatic hydroxyl groups excluding tert-OH is 2. The second-order valence-corrected chi connectivity index (χ2v) is 19.1. The Bertz CT molecular complexity index is 1220. The van der Waals surface area contributed by atoms with Crippen LogP contribution < -0.4 is 5.32 Å². The molecule has 0 rings (SSSR count). The first-order valence-corrected chi connectivity index (χ1v) is 28.2. The maximum Gasteiger partial charge on any atom is 0.306 e. The zero-order chi connectivity index (χ0) is 48.1. The van der Waals surface area contributed by atoms with Gasteiger partial charge in [0.25, 0.3) is 0 Å². The summed E-state index contributed by atoms with van der Waals surface area (Å²) in [6.07, 6.45) is 68.1. The number of hydrogen-bond donors (Lipinski definition) is 3. The van der Waals surface area contributed by atoms with Gasteiger partial charge in [0.1, 0.15) is 6.10 Å². The third-order valence-electron chi connectivity index (χ3n) is 12.6. The van der Waals surface area contributed by atoms with E-state index < -0.39 is 18.2 Å². The van der Waals surface area contributed by atoms with Gasteiger partial charge < -0.3 is 20.3 Å². The molecule has 0 aliphatic rings. The van der Waals surface area contributed by atoms with Crippen molar-refractivity contribution in [3.63, 3.8) is 0 Å². The largest absolute Gasteiger partial charge is 0.462 e. The lowest BCUT2D eigenvalue weighted by atomic mass is 10.0. The molecule has 1 amide bonds. The fraction of sp³-hybridized carbons (Fsp3) is 0.767. The number of amides is 1.